The summed E-state index contributed by atoms with van der Waals surface area (Å²) in [4.78, 5) is 27.8. The molecule has 0 bridgehead atoms. The fourth-order valence-corrected chi connectivity index (χ4v) is 1.62. The van der Waals surface area contributed by atoms with Gasteiger partial charge in [-0.05, 0) is 31.2 Å². The van der Waals surface area contributed by atoms with Crippen molar-refractivity contribution in [3.63, 3.8) is 0 Å². The molecule has 0 saturated carbocycles. The van der Waals surface area contributed by atoms with Gasteiger partial charge in [0.2, 0.25) is 0 Å². The molecule has 0 aromatic heterocycles. The van der Waals surface area contributed by atoms with E-state index in [4.69, 9.17) is 11.6 Å². The van der Waals surface area contributed by atoms with Gasteiger partial charge in [-0.15, -0.1) is 0 Å². The lowest BCUT2D eigenvalue weighted by Gasteiger charge is -2.13. The van der Waals surface area contributed by atoms with Crippen LogP contribution in [0.2, 0.25) is 5.02 Å². The summed E-state index contributed by atoms with van der Waals surface area (Å²) in [5.41, 5.74) is 0.819. The van der Waals surface area contributed by atoms with Crippen molar-refractivity contribution in [1.82, 2.24) is 0 Å². The second-order valence-electron chi connectivity index (χ2n) is 3.69. The fourth-order valence-electron chi connectivity index (χ4n) is 1.50. The van der Waals surface area contributed by atoms with E-state index < -0.39 is 11.9 Å². The molecule has 0 fully saturated rings. The molecule has 0 amide bonds. The van der Waals surface area contributed by atoms with Crippen LogP contribution in [-0.2, 0) is 9.53 Å². The third kappa shape index (κ3) is 3.17. The molecule has 4 nitrogen and oxygen atoms in total. The minimum Gasteiger partial charge on any atom is -0.468 e. The maximum Gasteiger partial charge on any atom is 0.322 e. The molecule has 0 N–H and O–H groups in total. The number of ketones is 1. The lowest BCUT2D eigenvalue weighted by molar-refractivity contribution is -0.141. The molecule has 18 heavy (non-hydrogen) atoms. The van der Waals surface area contributed by atoms with Gasteiger partial charge in [0.1, 0.15) is 0 Å². The smallest absolute Gasteiger partial charge is 0.322 e. The molecule has 1 rings (SSSR count). The largest absolute Gasteiger partial charge is 0.468 e. The van der Waals surface area contributed by atoms with Crippen LogP contribution in [0.5, 0.6) is 0 Å². The zero-order chi connectivity index (χ0) is 13.7. The van der Waals surface area contributed by atoms with Crippen LogP contribution >= 0.6 is 11.6 Å². The van der Waals surface area contributed by atoms with Crippen molar-refractivity contribution in [3.05, 3.63) is 34.9 Å². The molecule has 1 aromatic rings. The standard InChI is InChI=1S/C13H14ClNO3/c1-8(15-2)11(13(17)18-3)12(16)9-4-6-10(14)7-5-9/h4-7,11H,1-3H3. The lowest BCUT2D eigenvalue weighted by atomic mass is 9.94. The maximum atomic E-state index is 12.2. The van der Waals surface area contributed by atoms with E-state index in [0.29, 0.717) is 16.3 Å². The Balaban J connectivity index is 3.10. The van der Waals surface area contributed by atoms with Crippen molar-refractivity contribution in [2.45, 2.75) is 6.92 Å². The van der Waals surface area contributed by atoms with E-state index in [1.54, 1.807) is 31.2 Å². The quantitative estimate of drug-likeness (QED) is 0.364. The van der Waals surface area contributed by atoms with Gasteiger partial charge >= 0.3 is 5.97 Å². The summed E-state index contributed by atoms with van der Waals surface area (Å²) >= 11 is 5.75. The molecule has 1 aromatic carbocycles. The molecule has 1 atom stereocenters. The monoisotopic (exact) mass is 267 g/mol. The first-order valence-corrected chi connectivity index (χ1v) is 5.70. The minimum absolute atomic E-state index is 0.346. The Kier molecular flexibility index (Phi) is 5.04. The Morgan fingerprint density at radius 2 is 1.83 bits per heavy atom. The summed E-state index contributed by atoms with van der Waals surface area (Å²) in [6, 6.07) is 6.34. The highest BCUT2D eigenvalue weighted by Crippen LogP contribution is 2.16. The number of halogens is 1. The molecule has 0 saturated heterocycles. The molecule has 5 heteroatoms. The number of carbonyl (C=O) groups is 2. The van der Waals surface area contributed by atoms with Crippen molar-refractivity contribution in [3.8, 4) is 0 Å². The van der Waals surface area contributed by atoms with Crippen molar-refractivity contribution >= 4 is 29.1 Å². The van der Waals surface area contributed by atoms with E-state index >= 15 is 0 Å². The van der Waals surface area contributed by atoms with Gasteiger partial charge in [-0.3, -0.25) is 14.6 Å². The third-order valence-corrected chi connectivity index (χ3v) is 2.85. The van der Waals surface area contributed by atoms with Crippen LogP contribution in [0.15, 0.2) is 29.3 Å². The van der Waals surface area contributed by atoms with Crippen LogP contribution in [0, 0.1) is 5.92 Å². The molecular formula is C13H14ClNO3. The van der Waals surface area contributed by atoms with Gasteiger partial charge in [-0.1, -0.05) is 11.6 Å². The number of methoxy groups -OCH3 is 1. The van der Waals surface area contributed by atoms with Gasteiger partial charge in [0.05, 0.1) is 7.11 Å². The first-order chi connectivity index (χ1) is 8.51. The Hall–Kier alpha value is -1.68. The molecule has 96 valence electrons. The van der Waals surface area contributed by atoms with Gasteiger partial charge in [0.25, 0.3) is 0 Å². The molecule has 1 unspecified atom stereocenters. The van der Waals surface area contributed by atoms with Crippen LogP contribution in [-0.4, -0.2) is 31.6 Å². The zero-order valence-electron chi connectivity index (χ0n) is 10.4. The van der Waals surface area contributed by atoms with Gasteiger partial charge in [0.15, 0.2) is 11.7 Å². The first-order valence-electron chi connectivity index (χ1n) is 5.32. The number of rotatable bonds is 4. The number of Topliss-reactive ketones (excluding diaryl/α,β-unsaturated/α-hetero) is 1. The van der Waals surface area contributed by atoms with Crippen molar-refractivity contribution in [2.75, 3.05) is 14.2 Å². The number of ether oxygens (including phenoxy) is 1. The molecule has 0 aliphatic carbocycles. The highest BCUT2D eigenvalue weighted by Gasteiger charge is 2.30. The predicted octanol–water partition coefficient (Wildman–Crippen LogP) is 2.40. The number of esters is 1. The summed E-state index contributed by atoms with van der Waals surface area (Å²) in [5.74, 6) is -1.96. The van der Waals surface area contributed by atoms with Gasteiger partial charge in [0, 0.05) is 23.3 Å². The van der Waals surface area contributed by atoms with E-state index in [2.05, 4.69) is 9.73 Å². The minimum atomic E-state index is -0.999. The van der Waals surface area contributed by atoms with Gasteiger partial charge < -0.3 is 4.74 Å². The van der Waals surface area contributed by atoms with E-state index in [0.717, 1.165) is 0 Å². The van der Waals surface area contributed by atoms with Crippen molar-refractivity contribution < 1.29 is 14.3 Å². The lowest BCUT2D eigenvalue weighted by Crippen LogP contribution is -2.31. The highest BCUT2D eigenvalue weighted by molar-refractivity contribution is 6.31. The Labute approximate surface area is 111 Å². The average Bonchev–Trinajstić information content (AvgIpc) is 2.39. The first kappa shape index (κ1) is 14.4. The van der Waals surface area contributed by atoms with E-state index in [9.17, 15) is 9.59 Å². The van der Waals surface area contributed by atoms with Crippen LogP contribution in [0.1, 0.15) is 17.3 Å². The summed E-state index contributed by atoms with van der Waals surface area (Å²) < 4.78 is 4.64. The second-order valence-corrected chi connectivity index (χ2v) is 4.13. The summed E-state index contributed by atoms with van der Waals surface area (Å²) in [6.45, 7) is 1.62. The maximum absolute atomic E-state index is 12.2. The van der Waals surface area contributed by atoms with Gasteiger partial charge in [-0.25, -0.2) is 0 Å². The van der Waals surface area contributed by atoms with Gasteiger partial charge in [-0.2, -0.15) is 0 Å². The molecule has 0 aliphatic heterocycles. The molecule has 0 aliphatic rings. The molecular weight excluding hydrogens is 254 g/mol. The van der Waals surface area contributed by atoms with Crippen molar-refractivity contribution in [2.24, 2.45) is 10.9 Å². The zero-order valence-corrected chi connectivity index (χ0v) is 11.2. The predicted molar refractivity (Wildman–Crippen MR) is 70.3 cm³/mol. The van der Waals surface area contributed by atoms with Crippen LogP contribution in [0.4, 0.5) is 0 Å². The second kappa shape index (κ2) is 6.31. The fraction of sp³-hybridized carbons (Fsp3) is 0.308. The topological polar surface area (TPSA) is 55.7 Å². The highest BCUT2D eigenvalue weighted by atomic mass is 35.5. The van der Waals surface area contributed by atoms with E-state index in [-0.39, 0.29) is 5.78 Å². The Morgan fingerprint density at radius 3 is 2.28 bits per heavy atom. The Bertz CT molecular complexity index is 480. The molecule has 0 heterocycles. The molecule has 0 spiro atoms. The van der Waals surface area contributed by atoms with Crippen molar-refractivity contribution in [1.29, 1.82) is 0 Å². The van der Waals surface area contributed by atoms with E-state index in [1.807, 2.05) is 0 Å². The SMILES string of the molecule is CN=C(C)C(C(=O)OC)C(=O)c1ccc(Cl)cc1. The number of carbonyl (C=O) groups excluding carboxylic acids is 2. The number of aliphatic imine (C=N–C) groups is 1. The third-order valence-electron chi connectivity index (χ3n) is 2.60. The number of hydrogen-bond acceptors (Lipinski definition) is 4. The summed E-state index contributed by atoms with van der Waals surface area (Å²) in [6.07, 6.45) is 0. The Morgan fingerprint density at radius 1 is 1.28 bits per heavy atom. The normalized spacial score (nSPS) is 13.0. The number of nitrogens with zero attached hydrogens (tertiary/aromatic N) is 1. The number of hydrogen-bond donors (Lipinski definition) is 0. The van der Waals surface area contributed by atoms with Crippen LogP contribution < -0.4 is 0 Å². The van der Waals surface area contributed by atoms with E-state index in [1.165, 1.54) is 14.2 Å². The average molecular weight is 268 g/mol. The van der Waals surface area contributed by atoms with Crippen LogP contribution in [0.25, 0.3) is 0 Å². The van der Waals surface area contributed by atoms with Crippen LogP contribution in [0.3, 0.4) is 0 Å². The number of benzene rings is 1. The summed E-state index contributed by atoms with van der Waals surface area (Å²) in [5, 5.41) is 0.530. The molecule has 0 radical (unpaired) electrons. The summed E-state index contributed by atoms with van der Waals surface area (Å²) in [7, 11) is 2.77.